The molecule has 1 saturated heterocycles. The lowest BCUT2D eigenvalue weighted by Crippen LogP contribution is -2.32. The van der Waals surface area contributed by atoms with E-state index in [0.29, 0.717) is 5.92 Å². The summed E-state index contributed by atoms with van der Waals surface area (Å²) in [5.41, 5.74) is 2.57. The number of rotatable bonds is 4. The first-order valence-electron chi connectivity index (χ1n) is 7.78. The van der Waals surface area contributed by atoms with Crippen molar-refractivity contribution in [1.82, 2.24) is 19.9 Å². The number of likely N-dealkylation sites (tertiary alicyclic amines) is 1. The molecule has 1 aliphatic heterocycles. The second kappa shape index (κ2) is 6.76. The molecule has 1 aliphatic rings. The Hall–Kier alpha value is -1.81. The Labute approximate surface area is 126 Å². The van der Waals surface area contributed by atoms with Gasteiger partial charge in [0.25, 0.3) is 0 Å². The summed E-state index contributed by atoms with van der Waals surface area (Å²) in [7, 11) is 0. The average molecular weight is 282 g/mol. The van der Waals surface area contributed by atoms with Crippen LogP contribution < -0.4 is 0 Å². The van der Waals surface area contributed by atoms with Crippen molar-refractivity contribution in [1.29, 1.82) is 0 Å². The molecule has 0 amide bonds. The van der Waals surface area contributed by atoms with E-state index in [2.05, 4.69) is 38.9 Å². The average Bonchev–Trinajstić information content (AvgIpc) is 2.56. The van der Waals surface area contributed by atoms with Crippen molar-refractivity contribution in [2.45, 2.75) is 38.6 Å². The molecule has 0 aromatic carbocycles. The fourth-order valence-corrected chi connectivity index (χ4v) is 2.99. The van der Waals surface area contributed by atoms with E-state index in [1.54, 1.807) is 0 Å². The third kappa shape index (κ3) is 3.64. The zero-order chi connectivity index (χ0) is 14.5. The smallest absolute Gasteiger partial charge is 0.128 e. The molecule has 0 atom stereocenters. The standard InChI is InChI=1S/C17H22N4/c1-2-17-19-10-5-16(20-17)13-21-11-6-15(7-12-21)14-3-8-18-9-4-14/h3-5,8-10,15H,2,6-7,11-13H2,1H3. The maximum atomic E-state index is 4.60. The van der Waals surface area contributed by atoms with Gasteiger partial charge in [0.15, 0.2) is 0 Å². The minimum absolute atomic E-state index is 0.681. The third-order valence-electron chi connectivity index (χ3n) is 4.23. The fourth-order valence-electron chi connectivity index (χ4n) is 2.99. The largest absolute Gasteiger partial charge is 0.297 e. The summed E-state index contributed by atoms with van der Waals surface area (Å²) in [5.74, 6) is 1.63. The lowest BCUT2D eigenvalue weighted by Gasteiger charge is -2.31. The minimum atomic E-state index is 0.681. The molecule has 0 radical (unpaired) electrons. The Balaban J connectivity index is 1.56. The van der Waals surface area contributed by atoms with Crippen molar-refractivity contribution in [3.63, 3.8) is 0 Å². The van der Waals surface area contributed by atoms with Gasteiger partial charge in [-0.3, -0.25) is 9.88 Å². The number of aromatic nitrogens is 3. The maximum absolute atomic E-state index is 4.60. The van der Waals surface area contributed by atoms with Gasteiger partial charge in [-0.05, 0) is 55.6 Å². The molecule has 3 heterocycles. The number of aryl methyl sites for hydroxylation is 1. The molecule has 0 spiro atoms. The molecule has 2 aromatic heterocycles. The van der Waals surface area contributed by atoms with Crippen LogP contribution in [0.2, 0.25) is 0 Å². The van der Waals surface area contributed by atoms with Gasteiger partial charge in [0.1, 0.15) is 5.82 Å². The highest BCUT2D eigenvalue weighted by molar-refractivity contribution is 5.16. The van der Waals surface area contributed by atoms with E-state index in [4.69, 9.17) is 0 Å². The topological polar surface area (TPSA) is 41.9 Å². The molecule has 0 aliphatic carbocycles. The molecule has 0 saturated carbocycles. The molecule has 21 heavy (non-hydrogen) atoms. The summed E-state index contributed by atoms with van der Waals surface area (Å²) in [6.45, 7) is 5.31. The summed E-state index contributed by atoms with van der Waals surface area (Å²) in [5, 5.41) is 0. The van der Waals surface area contributed by atoms with E-state index in [-0.39, 0.29) is 0 Å². The maximum Gasteiger partial charge on any atom is 0.128 e. The van der Waals surface area contributed by atoms with E-state index < -0.39 is 0 Å². The zero-order valence-corrected chi connectivity index (χ0v) is 12.6. The van der Waals surface area contributed by atoms with Crippen LogP contribution in [-0.4, -0.2) is 32.9 Å². The van der Waals surface area contributed by atoms with E-state index in [0.717, 1.165) is 37.6 Å². The van der Waals surface area contributed by atoms with Crippen LogP contribution >= 0.6 is 0 Å². The van der Waals surface area contributed by atoms with Crippen molar-refractivity contribution in [2.75, 3.05) is 13.1 Å². The van der Waals surface area contributed by atoms with E-state index >= 15 is 0 Å². The summed E-state index contributed by atoms with van der Waals surface area (Å²) in [4.78, 5) is 15.5. The molecule has 2 aromatic rings. The van der Waals surface area contributed by atoms with Crippen LogP contribution in [0, 0.1) is 0 Å². The second-order valence-corrected chi connectivity index (χ2v) is 5.65. The molecule has 110 valence electrons. The van der Waals surface area contributed by atoms with Gasteiger partial charge in [-0.15, -0.1) is 0 Å². The molecule has 0 bridgehead atoms. The Bertz CT molecular complexity index is 562. The number of hydrogen-bond acceptors (Lipinski definition) is 4. The quantitative estimate of drug-likeness (QED) is 0.864. The van der Waals surface area contributed by atoms with Crippen molar-refractivity contribution in [3.8, 4) is 0 Å². The van der Waals surface area contributed by atoms with Gasteiger partial charge >= 0.3 is 0 Å². The molecule has 4 heteroatoms. The highest BCUT2D eigenvalue weighted by Gasteiger charge is 2.20. The predicted octanol–water partition coefficient (Wildman–Crippen LogP) is 2.81. The van der Waals surface area contributed by atoms with Gasteiger partial charge in [0.05, 0.1) is 5.69 Å². The molecule has 4 nitrogen and oxygen atoms in total. The Morgan fingerprint density at radius 2 is 1.86 bits per heavy atom. The number of hydrogen-bond donors (Lipinski definition) is 0. The van der Waals surface area contributed by atoms with Crippen LogP contribution in [0.5, 0.6) is 0 Å². The van der Waals surface area contributed by atoms with Gasteiger partial charge in [0, 0.05) is 31.6 Å². The van der Waals surface area contributed by atoms with Gasteiger partial charge in [-0.1, -0.05) is 6.92 Å². The molecule has 1 fully saturated rings. The number of piperidine rings is 1. The van der Waals surface area contributed by atoms with Crippen molar-refractivity contribution in [3.05, 3.63) is 53.9 Å². The molecular formula is C17H22N4. The lowest BCUT2D eigenvalue weighted by atomic mass is 9.90. The fraction of sp³-hybridized carbons (Fsp3) is 0.471. The summed E-state index contributed by atoms with van der Waals surface area (Å²) < 4.78 is 0. The first-order valence-corrected chi connectivity index (χ1v) is 7.78. The molecule has 3 rings (SSSR count). The van der Waals surface area contributed by atoms with Crippen LogP contribution in [0.15, 0.2) is 36.8 Å². The van der Waals surface area contributed by atoms with Crippen molar-refractivity contribution in [2.24, 2.45) is 0 Å². The molecular weight excluding hydrogens is 260 g/mol. The highest BCUT2D eigenvalue weighted by atomic mass is 15.1. The second-order valence-electron chi connectivity index (χ2n) is 5.65. The summed E-state index contributed by atoms with van der Waals surface area (Å²) in [6, 6.07) is 6.34. The van der Waals surface area contributed by atoms with Crippen LogP contribution in [0.3, 0.4) is 0 Å². The van der Waals surface area contributed by atoms with Gasteiger partial charge in [-0.25, -0.2) is 9.97 Å². The van der Waals surface area contributed by atoms with E-state index in [1.807, 2.05) is 24.7 Å². The van der Waals surface area contributed by atoms with Gasteiger partial charge < -0.3 is 0 Å². The first kappa shape index (κ1) is 14.1. The van der Waals surface area contributed by atoms with Gasteiger partial charge in [-0.2, -0.15) is 0 Å². The Morgan fingerprint density at radius 1 is 1.10 bits per heavy atom. The van der Waals surface area contributed by atoms with E-state index in [1.165, 1.54) is 18.4 Å². The Morgan fingerprint density at radius 3 is 2.57 bits per heavy atom. The summed E-state index contributed by atoms with van der Waals surface area (Å²) >= 11 is 0. The number of nitrogens with zero attached hydrogens (tertiary/aromatic N) is 4. The van der Waals surface area contributed by atoms with E-state index in [9.17, 15) is 0 Å². The van der Waals surface area contributed by atoms with Crippen molar-refractivity contribution >= 4 is 0 Å². The monoisotopic (exact) mass is 282 g/mol. The SMILES string of the molecule is CCc1nccc(CN2CCC(c3ccncc3)CC2)n1. The summed E-state index contributed by atoms with van der Waals surface area (Å²) in [6.07, 6.45) is 9.01. The van der Waals surface area contributed by atoms with Crippen LogP contribution in [0.1, 0.15) is 42.8 Å². The number of pyridine rings is 1. The van der Waals surface area contributed by atoms with Gasteiger partial charge in [0.2, 0.25) is 0 Å². The van der Waals surface area contributed by atoms with Crippen molar-refractivity contribution < 1.29 is 0 Å². The normalized spacial score (nSPS) is 17.0. The molecule has 0 N–H and O–H groups in total. The lowest BCUT2D eigenvalue weighted by molar-refractivity contribution is 0.202. The minimum Gasteiger partial charge on any atom is -0.297 e. The Kier molecular flexibility index (Phi) is 4.55. The predicted molar refractivity (Wildman–Crippen MR) is 82.9 cm³/mol. The third-order valence-corrected chi connectivity index (χ3v) is 4.23. The first-order chi connectivity index (χ1) is 10.3. The zero-order valence-electron chi connectivity index (χ0n) is 12.6. The highest BCUT2D eigenvalue weighted by Crippen LogP contribution is 2.27. The van der Waals surface area contributed by atoms with Crippen LogP contribution in [0.4, 0.5) is 0 Å². The molecule has 0 unspecified atom stereocenters. The van der Waals surface area contributed by atoms with Crippen LogP contribution in [0.25, 0.3) is 0 Å². The van der Waals surface area contributed by atoms with Crippen LogP contribution in [-0.2, 0) is 13.0 Å².